The topological polar surface area (TPSA) is 93.8 Å². The summed E-state index contributed by atoms with van der Waals surface area (Å²) in [5.41, 5.74) is 5.12. The van der Waals surface area contributed by atoms with Crippen molar-refractivity contribution >= 4 is 6.09 Å². The van der Waals surface area contributed by atoms with Crippen molar-refractivity contribution in [1.29, 1.82) is 0 Å². The maximum Gasteiger partial charge on any atom is 0.404 e. The summed E-state index contributed by atoms with van der Waals surface area (Å²) in [6.45, 7) is 2.57. The number of hydrogen-bond acceptors (Lipinski definition) is 4. The Morgan fingerprint density at radius 1 is 1.50 bits per heavy atom. The number of rotatable bonds is 9. The van der Waals surface area contributed by atoms with Gasteiger partial charge in [-0.25, -0.2) is 9.18 Å². The molecule has 2 unspecified atom stereocenters. The Morgan fingerprint density at radius 3 is 2.75 bits per heavy atom. The fourth-order valence-corrected chi connectivity index (χ4v) is 0.921. The van der Waals surface area contributed by atoms with Gasteiger partial charge in [-0.2, -0.15) is 0 Å². The first-order valence-corrected chi connectivity index (χ1v) is 5.08. The van der Waals surface area contributed by atoms with Gasteiger partial charge in [-0.3, -0.25) is 0 Å². The number of carboxylic acid groups (broad SMARTS) is 1. The van der Waals surface area contributed by atoms with Crippen LogP contribution in [0.25, 0.3) is 0 Å². The molecule has 0 heterocycles. The Hall–Kier alpha value is -0.920. The van der Waals surface area contributed by atoms with Crippen molar-refractivity contribution in [3.8, 4) is 0 Å². The second-order valence-electron chi connectivity index (χ2n) is 3.17. The third-order valence-electron chi connectivity index (χ3n) is 1.87. The molecule has 0 aliphatic rings. The van der Waals surface area contributed by atoms with Crippen LogP contribution in [0.4, 0.5) is 9.18 Å². The number of nitrogens with one attached hydrogen (secondary N) is 1. The van der Waals surface area contributed by atoms with E-state index in [2.05, 4.69) is 5.32 Å². The molecule has 0 saturated heterocycles. The van der Waals surface area contributed by atoms with E-state index >= 15 is 0 Å². The largest absolute Gasteiger partial charge is 0.465 e. The van der Waals surface area contributed by atoms with Gasteiger partial charge >= 0.3 is 6.09 Å². The molecule has 6 nitrogen and oxygen atoms in total. The van der Waals surface area contributed by atoms with Gasteiger partial charge in [0, 0.05) is 13.1 Å². The van der Waals surface area contributed by atoms with Crippen LogP contribution in [0.2, 0.25) is 0 Å². The maximum absolute atomic E-state index is 12.9. The van der Waals surface area contributed by atoms with Gasteiger partial charge < -0.3 is 25.6 Å². The lowest BCUT2D eigenvalue weighted by atomic mass is 10.2. The summed E-state index contributed by atoms with van der Waals surface area (Å²) in [5, 5.41) is 10.4. The minimum absolute atomic E-state index is 0.0649. The van der Waals surface area contributed by atoms with Crippen molar-refractivity contribution in [3.05, 3.63) is 0 Å². The van der Waals surface area contributed by atoms with E-state index in [0.717, 1.165) is 0 Å². The Bertz CT molecular complexity index is 194. The van der Waals surface area contributed by atoms with Gasteiger partial charge in [0.25, 0.3) is 0 Å². The molecule has 0 aromatic heterocycles. The molecule has 4 N–H and O–H groups in total. The van der Waals surface area contributed by atoms with Crippen molar-refractivity contribution in [2.45, 2.75) is 19.2 Å². The van der Waals surface area contributed by atoms with Crippen LogP contribution in [0.5, 0.6) is 0 Å². The first-order valence-electron chi connectivity index (χ1n) is 5.08. The molecule has 96 valence electrons. The smallest absolute Gasteiger partial charge is 0.404 e. The van der Waals surface area contributed by atoms with E-state index in [-0.39, 0.29) is 26.3 Å². The van der Waals surface area contributed by atoms with E-state index in [4.69, 9.17) is 20.3 Å². The maximum atomic E-state index is 12.9. The normalized spacial score (nSPS) is 14.4. The van der Waals surface area contributed by atoms with Crippen LogP contribution < -0.4 is 11.1 Å². The summed E-state index contributed by atoms with van der Waals surface area (Å²) >= 11 is 0. The van der Waals surface area contributed by atoms with Crippen molar-refractivity contribution in [2.75, 3.05) is 32.9 Å². The van der Waals surface area contributed by atoms with Crippen LogP contribution >= 0.6 is 0 Å². The standard InChI is InChI=1S/C9H19FN2O4/c1-7(8(10)6-11)16-5-4-15-3-2-12-9(13)14/h7-8,12H,2-6,11H2,1H3,(H,13,14). The highest BCUT2D eigenvalue weighted by molar-refractivity contribution is 5.64. The van der Waals surface area contributed by atoms with Gasteiger partial charge in [0.2, 0.25) is 0 Å². The van der Waals surface area contributed by atoms with E-state index in [1.807, 2.05) is 0 Å². The zero-order valence-electron chi connectivity index (χ0n) is 9.32. The van der Waals surface area contributed by atoms with Gasteiger partial charge in [-0.15, -0.1) is 0 Å². The number of ether oxygens (including phenoxy) is 2. The lowest BCUT2D eigenvalue weighted by Crippen LogP contribution is -2.30. The Labute approximate surface area is 93.9 Å². The SMILES string of the molecule is CC(OCCOCCNC(=O)O)C(F)CN. The molecule has 0 bridgehead atoms. The summed E-state index contributed by atoms with van der Waals surface area (Å²) in [6.07, 6.45) is -2.81. The second-order valence-corrected chi connectivity index (χ2v) is 3.17. The van der Waals surface area contributed by atoms with E-state index in [0.29, 0.717) is 6.61 Å². The van der Waals surface area contributed by atoms with Gasteiger partial charge in [0.1, 0.15) is 6.17 Å². The number of halogens is 1. The van der Waals surface area contributed by atoms with Gasteiger partial charge in [0.15, 0.2) is 0 Å². The molecule has 16 heavy (non-hydrogen) atoms. The predicted molar refractivity (Wildman–Crippen MR) is 56.2 cm³/mol. The zero-order chi connectivity index (χ0) is 12.4. The zero-order valence-corrected chi connectivity index (χ0v) is 9.32. The first kappa shape index (κ1) is 15.1. The average Bonchev–Trinajstić information content (AvgIpc) is 2.25. The third-order valence-corrected chi connectivity index (χ3v) is 1.87. The second kappa shape index (κ2) is 9.32. The minimum Gasteiger partial charge on any atom is -0.465 e. The highest BCUT2D eigenvalue weighted by Gasteiger charge is 2.14. The predicted octanol–water partition coefficient (Wildman–Crippen LogP) is -0.0275. The minimum atomic E-state index is -1.17. The van der Waals surface area contributed by atoms with Crippen molar-refractivity contribution in [2.24, 2.45) is 5.73 Å². The number of alkyl halides is 1. The molecule has 0 aliphatic carbocycles. The fraction of sp³-hybridized carbons (Fsp3) is 0.889. The molecule has 0 aliphatic heterocycles. The average molecular weight is 238 g/mol. The quantitative estimate of drug-likeness (QED) is 0.490. The van der Waals surface area contributed by atoms with Crippen LogP contribution in [0.3, 0.4) is 0 Å². The summed E-state index contributed by atoms with van der Waals surface area (Å²) in [5.74, 6) is 0. The number of hydrogen-bond donors (Lipinski definition) is 3. The molecule has 0 rings (SSSR count). The number of amides is 1. The molecule has 0 radical (unpaired) electrons. The van der Waals surface area contributed by atoms with E-state index in [1.165, 1.54) is 0 Å². The van der Waals surface area contributed by atoms with Crippen molar-refractivity contribution < 1.29 is 23.8 Å². The molecule has 0 fully saturated rings. The summed E-state index contributed by atoms with van der Waals surface area (Å²) in [7, 11) is 0. The molecule has 0 aromatic carbocycles. The summed E-state index contributed by atoms with van der Waals surface area (Å²) in [6, 6.07) is 0. The van der Waals surface area contributed by atoms with Gasteiger partial charge in [-0.1, -0.05) is 0 Å². The molecular weight excluding hydrogens is 219 g/mol. The molecule has 0 saturated carbocycles. The highest BCUT2D eigenvalue weighted by Crippen LogP contribution is 2.01. The number of carbonyl (C=O) groups is 1. The fourth-order valence-electron chi connectivity index (χ4n) is 0.921. The van der Waals surface area contributed by atoms with Crippen LogP contribution in [-0.2, 0) is 9.47 Å². The van der Waals surface area contributed by atoms with Crippen LogP contribution in [0, 0.1) is 0 Å². The molecule has 0 spiro atoms. The van der Waals surface area contributed by atoms with Crippen molar-refractivity contribution in [1.82, 2.24) is 5.32 Å². The lowest BCUT2D eigenvalue weighted by Gasteiger charge is -2.15. The van der Waals surface area contributed by atoms with E-state index < -0.39 is 18.4 Å². The summed E-state index contributed by atoms with van der Waals surface area (Å²) in [4.78, 5) is 10.0. The molecular formula is C9H19FN2O4. The third kappa shape index (κ3) is 8.39. The lowest BCUT2D eigenvalue weighted by molar-refractivity contribution is -0.0186. The van der Waals surface area contributed by atoms with Crippen LogP contribution in [0.15, 0.2) is 0 Å². The Morgan fingerprint density at radius 2 is 2.19 bits per heavy atom. The Balaban J connectivity index is 3.23. The Kier molecular flexibility index (Phi) is 8.78. The molecule has 7 heteroatoms. The van der Waals surface area contributed by atoms with Crippen molar-refractivity contribution in [3.63, 3.8) is 0 Å². The number of nitrogens with two attached hydrogens (primary N) is 1. The van der Waals surface area contributed by atoms with Crippen LogP contribution in [-0.4, -0.2) is 56.4 Å². The first-order chi connectivity index (χ1) is 7.57. The molecule has 0 aromatic rings. The summed E-state index contributed by atoms with van der Waals surface area (Å²) < 4.78 is 23.0. The van der Waals surface area contributed by atoms with Crippen LogP contribution in [0.1, 0.15) is 6.92 Å². The van der Waals surface area contributed by atoms with E-state index in [1.54, 1.807) is 6.92 Å². The monoisotopic (exact) mass is 238 g/mol. The molecule has 2 atom stereocenters. The molecule has 1 amide bonds. The van der Waals surface area contributed by atoms with Gasteiger partial charge in [-0.05, 0) is 6.92 Å². The highest BCUT2D eigenvalue weighted by atomic mass is 19.1. The van der Waals surface area contributed by atoms with Gasteiger partial charge in [0.05, 0.1) is 25.9 Å². The van der Waals surface area contributed by atoms with E-state index in [9.17, 15) is 9.18 Å².